The van der Waals surface area contributed by atoms with Gasteiger partial charge in [0.05, 0.1) is 11.2 Å². The molecule has 0 spiro atoms. The molecule has 2 rings (SSSR count). The highest BCUT2D eigenvalue weighted by atomic mass is 16.4. The summed E-state index contributed by atoms with van der Waals surface area (Å²) >= 11 is 0. The Hall–Kier alpha value is -2.63. The number of aliphatic carboxylic acids is 1. The third kappa shape index (κ3) is 2.69. The molecule has 1 unspecified atom stereocenters. The number of anilines is 1. The Morgan fingerprint density at radius 3 is 2.75 bits per heavy atom. The quantitative estimate of drug-likeness (QED) is 0.897. The highest BCUT2D eigenvalue weighted by molar-refractivity contribution is 6.01. The molecule has 0 bridgehead atoms. The van der Waals surface area contributed by atoms with Gasteiger partial charge in [0.2, 0.25) is 0 Å². The SMILES string of the molecule is CC(C(=O)O)N(C)C(=O)Nc1cccc2ncccc12. The highest BCUT2D eigenvalue weighted by Crippen LogP contribution is 2.21. The Bertz CT molecular complexity index is 652. The lowest BCUT2D eigenvalue weighted by molar-refractivity contribution is -0.141. The van der Waals surface area contributed by atoms with Gasteiger partial charge in [0, 0.05) is 18.6 Å². The fourth-order valence-corrected chi connectivity index (χ4v) is 1.76. The summed E-state index contributed by atoms with van der Waals surface area (Å²) in [6, 6.07) is 7.63. The molecule has 2 N–H and O–H groups in total. The van der Waals surface area contributed by atoms with Gasteiger partial charge in [-0.15, -0.1) is 0 Å². The van der Waals surface area contributed by atoms with E-state index in [-0.39, 0.29) is 0 Å². The van der Waals surface area contributed by atoms with Crippen molar-refractivity contribution in [3.63, 3.8) is 0 Å². The van der Waals surface area contributed by atoms with Crippen LogP contribution in [0.4, 0.5) is 10.5 Å². The minimum absolute atomic E-state index is 0.476. The number of hydrogen-bond acceptors (Lipinski definition) is 3. The van der Waals surface area contributed by atoms with Crippen LogP contribution in [0, 0.1) is 0 Å². The van der Waals surface area contributed by atoms with E-state index in [4.69, 9.17) is 5.11 Å². The molecule has 0 aliphatic rings. The van der Waals surface area contributed by atoms with Crippen LogP contribution in [0.15, 0.2) is 36.5 Å². The number of urea groups is 1. The average molecular weight is 273 g/mol. The van der Waals surface area contributed by atoms with Crippen LogP contribution in [0.5, 0.6) is 0 Å². The number of rotatable bonds is 3. The van der Waals surface area contributed by atoms with Gasteiger partial charge in [0.15, 0.2) is 0 Å². The summed E-state index contributed by atoms with van der Waals surface area (Å²) in [6.45, 7) is 1.45. The summed E-state index contributed by atoms with van der Waals surface area (Å²) < 4.78 is 0. The van der Waals surface area contributed by atoms with Crippen molar-refractivity contribution in [3.8, 4) is 0 Å². The molecule has 2 aromatic rings. The van der Waals surface area contributed by atoms with Crippen LogP contribution in [0.25, 0.3) is 10.9 Å². The number of carboxylic acid groups (broad SMARTS) is 1. The van der Waals surface area contributed by atoms with Gasteiger partial charge in [0.25, 0.3) is 0 Å². The summed E-state index contributed by atoms with van der Waals surface area (Å²) in [6.07, 6.45) is 1.67. The van der Waals surface area contributed by atoms with Crippen LogP contribution in [0.1, 0.15) is 6.92 Å². The number of pyridine rings is 1. The number of carboxylic acids is 1. The second-order valence-electron chi connectivity index (χ2n) is 4.43. The third-order valence-electron chi connectivity index (χ3n) is 3.15. The molecular weight excluding hydrogens is 258 g/mol. The van der Waals surface area contributed by atoms with Crippen molar-refractivity contribution in [1.29, 1.82) is 0 Å². The molecule has 1 atom stereocenters. The minimum atomic E-state index is -1.05. The number of carbonyl (C=O) groups is 2. The zero-order chi connectivity index (χ0) is 14.7. The highest BCUT2D eigenvalue weighted by Gasteiger charge is 2.21. The summed E-state index contributed by atoms with van der Waals surface area (Å²) in [7, 11) is 1.44. The molecule has 104 valence electrons. The van der Waals surface area contributed by atoms with E-state index in [0.29, 0.717) is 5.69 Å². The molecule has 6 heteroatoms. The summed E-state index contributed by atoms with van der Waals surface area (Å²) in [5.41, 5.74) is 1.37. The molecule has 20 heavy (non-hydrogen) atoms. The van der Waals surface area contributed by atoms with E-state index >= 15 is 0 Å². The zero-order valence-corrected chi connectivity index (χ0v) is 11.2. The zero-order valence-electron chi connectivity index (χ0n) is 11.2. The molecule has 1 aromatic heterocycles. The van der Waals surface area contributed by atoms with Crippen LogP contribution >= 0.6 is 0 Å². The van der Waals surface area contributed by atoms with E-state index < -0.39 is 18.0 Å². The van der Waals surface area contributed by atoms with Gasteiger partial charge >= 0.3 is 12.0 Å². The molecule has 1 aromatic carbocycles. The first-order valence-corrected chi connectivity index (χ1v) is 6.11. The van der Waals surface area contributed by atoms with Crippen molar-refractivity contribution in [2.75, 3.05) is 12.4 Å². The number of carbonyl (C=O) groups excluding carboxylic acids is 1. The van der Waals surface area contributed by atoms with Gasteiger partial charge < -0.3 is 15.3 Å². The lowest BCUT2D eigenvalue weighted by Crippen LogP contribution is -2.42. The van der Waals surface area contributed by atoms with Gasteiger partial charge in [-0.2, -0.15) is 0 Å². The summed E-state index contributed by atoms with van der Waals surface area (Å²) in [5, 5.41) is 12.4. The molecule has 0 saturated carbocycles. The smallest absolute Gasteiger partial charge is 0.326 e. The molecule has 2 amide bonds. The molecule has 0 fully saturated rings. The van der Waals surface area contributed by atoms with Crippen LogP contribution in [0.3, 0.4) is 0 Å². The Kier molecular flexibility index (Phi) is 3.84. The van der Waals surface area contributed by atoms with E-state index in [2.05, 4.69) is 10.3 Å². The molecule has 0 aliphatic carbocycles. The predicted molar refractivity (Wildman–Crippen MR) is 75.6 cm³/mol. The average Bonchev–Trinajstić information content (AvgIpc) is 2.46. The predicted octanol–water partition coefficient (Wildman–Crippen LogP) is 2.17. The number of aromatic nitrogens is 1. The number of fused-ring (bicyclic) bond motifs is 1. The van der Waals surface area contributed by atoms with Gasteiger partial charge in [-0.1, -0.05) is 6.07 Å². The van der Waals surface area contributed by atoms with E-state index in [9.17, 15) is 9.59 Å². The normalized spacial score (nSPS) is 11.9. The van der Waals surface area contributed by atoms with E-state index in [1.807, 2.05) is 12.1 Å². The maximum Gasteiger partial charge on any atom is 0.326 e. The van der Waals surface area contributed by atoms with E-state index in [0.717, 1.165) is 15.8 Å². The Balaban J connectivity index is 2.24. The number of benzene rings is 1. The topological polar surface area (TPSA) is 82.5 Å². The summed E-state index contributed by atoms with van der Waals surface area (Å²) in [4.78, 5) is 28.2. The van der Waals surface area contributed by atoms with Crippen LogP contribution in [0.2, 0.25) is 0 Å². The number of nitrogens with one attached hydrogen (secondary N) is 1. The molecule has 6 nitrogen and oxygen atoms in total. The van der Waals surface area contributed by atoms with Crippen molar-refractivity contribution in [1.82, 2.24) is 9.88 Å². The van der Waals surface area contributed by atoms with Gasteiger partial charge in [-0.3, -0.25) is 4.98 Å². The number of amides is 2. The molecular formula is C14H15N3O3. The monoisotopic (exact) mass is 273 g/mol. The van der Waals surface area contributed by atoms with Gasteiger partial charge in [0.1, 0.15) is 6.04 Å². The van der Waals surface area contributed by atoms with Crippen LogP contribution in [-0.2, 0) is 4.79 Å². The first-order valence-electron chi connectivity index (χ1n) is 6.11. The first kappa shape index (κ1) is 13.8. The Morgan fingerprint density at radius 2 is 2.05 bits per heavy atom. The summed E-state index contributed by atoms with van der Waals surface area (Å²) in [5.74, 6) is -1.05. The third-order valence-corrected chi connectivity index (χ3v) is 3.15. The fourth-order valence-electron chi connectivity index (χ4n) is 1.76. The number of nitrogens with zero attached hydrogens (tertiary/aromatic N) is 2. The van der Waals surface area contributed by atoms with Crippen molar-refractivity contribution in [2.24, 2.45) is 0 Å². The molecule has 0 radical (unpaired) electrons. The Morgan fingerprint density at radius 1 is 1.30 bits per heavy atom. The van der Waals surface area contributed by atoms with E-state index in [1.165, 1.54) is 14.0 Å². The van der Waals surface area contributed by atoms with Crippen LogP contribution in [-0.4, -0.2) is 40.1 Å². The van der Waals surface area contributed by atoms with Crippen molar-refractivity contribution in [3.05, 3.63) is 36.5 Å². The lowest BCUT2D eigenvalue weighted by Gasteiger charge is -2.22. The fraction of sp³-hybridized carbons (Fsp3) is 0.214. The standard InChI is InChI=1S/C14H15N3O3/c1-9(13(18)19)17(2)14(20)16-12-7-3-6-11-10(12)5-4-8-15-11/h3-9H,1-2H3,(H,16,20)(H,18,19). The maximum atomic E-state index is 12.0. The Labute approximate surface area is 116 Å². The van der Waals surface area contributed by atoms with Crippen molar-refractivity contribution >= 4 is 28.6 Å². The van der Waals surface area contributed by atoms with E-state index in [1.54, 1.807) is 24.4 Å². The van der Waals surface area contributed by atoms with Crippen LogP contribution < -0.4 is 5.32 Å². The van der Waals surface area contributed by atoms with Crippen molar-refractivity contribution < 1.29 is 14.7 Å². The second-order valence-corrected chi connectivity index (χ2v) is 4.43. The maximum absolute atomic E-state index is 12.0. The minimum Gasteiger partial charge on any atom is -0.480 e. The van der Waals surface area contributed by atoms with Gasteiger partial charge in [-0.25, -0.2) is 9.59 Å². The molecule has 0 saturated heterocycles. The van der Waals surface area contributed by atoms with Gasteiger partial charge in [-0.05, 0) is 31.2 Å². The number of hydrogen-bond donors (Lipinski definition) is 2. The van der Waals surface area contributed by atoms with Crippen molar-refractivity contribution in [2.45, 2.75) is 13.0 Å². The number of likely N-dealkylation sites (N-methyl/N-ethyl adjacent to an activating group) is 1. The molecule has 0 aliphatic heterocycles. The molecule has 1 heterocycles. The largest absolute Gasteiger partial charge is 0.480 e. The second kappa shape index (κ2) is 5.56. The lowest BCUT2D eigenvalue weighted by atomic mass is 10.2. The first-order chi connectivity index (χ1) is 9.50.